The zero-order valence-electron chi connectivity index (χ0n) is 45.1. The summed E-state index contributed by atoms with van der Waals surface area (Å²) in [5.41, 5.74) is 1.23. The molecule has 1 aromatic carbocycles. The van der Waals surface area contributed by atoms with E-state index in [9.17, 15) is 42.9 Å². The number of rotatable bonds is 8. The Kier molecular flexibility index (Phi) is 22.4. The average Bonchev–Trinajstić information content (AvgIpc) is 3.37. The van der Waals surface area contributed by atoms with Gasteiger partial charge in [-0.1, -0.05) is 94.8 Å². The van der Waals surface area contributed by atoms with E-state index in [-0.39, 0.29) is 59.8 Å². The molecule has 0 aromatic heterocycles. The minimum absolute atomic E-state index is 0.0265. The van der Waals surface area contributed by atoms with E-state index in [1.807, 2.05) is 52.0 Å². The topological polar surface area (TPSA) is 207 Å². The lowest BCUT2D eigenvalue weighted by atomic mass is 9.78. The first-order valence-corrected chi connectivity index (χ1v) is 28.1. The Bertz CT molecular complexity index is 2250. The SMILES string of the molecule is CO[C@@H]1C[C@@H](C[C@@H](C)[C@@H]2CC[C@H](C)/C=C(\C)[C@@H](O)[C@@H](OC)C(=O)[C@H](C)C[C@H](C)/C=C/C=C/C=C(\C)C(N(C)S(=O)(=O)c3ccccc3)C[C@@H]3CC[C@@H](C)[C@@](O)(O3)C(=O)C(=O)N3CCCC[C@H]3C(=O)O2)CC[C@H]1O. The van der Waals surface area contributed by atoms with E-state index < -0.39 is 87.9 Å². The van der Waals surface area contributed by atoms with Crippen LogP contribution >= 0.6 is 0 Å². The minimum Gasteiger partial charge on any atom is -0.461 e. The van der Waals surface area contributed by atoms with E-state index in [1.165, 1.54) is 35.5 Å². The van der Waals surface area contributed by atoms with Crippen molar-refractivity contribution in [1.82, 2.24) is 9.21 Å². The molecule has 5 rings (SSSR count). The van der Waals surface area contributed by atoms with Crippen LogP contribution in [0.1, 0.15) is 132 Å². The zero-order chi connectivity index (χ0) is 53.8. The summed E-state index contributed by atoms with van der Waals surface area (Å²) < 4.78 is 53.5. The number of ketones is 2. The molecule has 1 aliphatic carbocycles. The van der Waals surface area contributed by atoms with E-state index in [0.29, 0.717) is 75.4 Å². The number of aliphatic hydroxyl groups excluding tert-OH is 2. The Balaban J connectivity index is 1.51. The molecular weight excluding hydrogens is 953 g/mol. The van der Waals surface area contributed by atoms with Crippen molar-refractivity contribution in [3.8, 4) is 0 Å². The number of methoxy groups -OCH3 is 2. The average molecular weight is 1040 g/mol. The Labute approximate surface area is 435 Å². The lowest BCUT2D eigenvalue weighted by Gasteiger charge is -2.43. The molecular formula is C57H86N2O13S. The van der Waals surface area contributed by atoms with Crippen molar-refractivity contribution in [2.24, 2.45) is 35.5 Å². The van der Waals surface area contributed by atoms with Crippen molar-refractivity contribution < 1.29 is 61.9 Å². The highest BCUT2D eigenvalue weighted by molar-refractivity contribution is 7.89. The van der Waals surface area contributed by atoms with E-state index in [4.69, 9.17) is 18.9 Å². The van der Waals surface area contributed by atoms with Gasteiger partial charge >= 0.3 is 5.97 Å². The van der Waals surface area contributed by atoms with Crippen LogP contribution in [0.2, 0.25) is 0 Å². The van der Waals surface area contributed by atoms with Crippen LogP contribution in [-0.4, -0.2) is 139 Å². The first kappa shape index (κ1) is 60.0. The van der Waals surface area contributed by atoms with Gasteiger partial charge in [0.05, 0.1) is 23.2 Å². The molecule has 1 unspecified atom stereocenters. The van der Waals surface area contributed by atoms with Crippen LogP contribution in [0.5, 0.6) is 0 Å². The predicted octanol–water partition coefficient (Wildman–Crippen LogP) is 7.68. The minimum atomic E-state index is -4.05. The van der Waals surface area contributed by atoms with E-state index >= 15 is 0 Å². The van der Waals surface area contributed by atoms with Crippen molar-refractivity contribution in [1.29, 1.82) is 0 Å². The molecule has 3 N–H and O–H groups in total. The monoisotopic (exact) mass is 1040 g/mol. The summed E-state index contributed by atoms with van der Waals surface area (Å²) in [5.74, 6) is -6.97. The van der Waals surface area contributed by atoms with Gasteiger partial charge in [-0.2, -0.15) is 4.31 Å². The number of benzene rings is 1. The number of piperidine rings is 1. The van der Waals surface area contributed by atoms with Gasteiger partial charge in [-0.25, -0.2) is 13.2 Å². The Hall–Kier alpha value is -3.87. The van der Waals surface area contributed by atoms with Crippen LogP contribution in [0.25, 0.3) is 0 Å². The smallest absolute Gasteiger partial charge is 0.329 e. The van der Waals surface area contributed by atoms with Crippen LogP contribution in [0.15, 0.2) is 82.8 Å². The number of hydrogen-bond acceptors (Lipinski definition) is 13. The number of ether oxygens (including phenoxy) is 4. The van der Waals surface area contributed by atoms with Gasteiger partial charge in [0.25, 0.3) is 11.7 Å². The maximum absolute atomic E-state index is 14.5. The first-order valence-electron chi connectivity index (χ1n) is 26.7. The fourth-order valence-corrected chi connectivity index (χ4v) is 12.8. The third kappa shape index (κ3) is 15.4. The number of hydrogen-bond donors (Lipinski definition) is 3. The van der Waals surface area contributed by atoms with Crippen molar-refractivity contribution in [2.45, 2.75) is 191 Å². The second-order valence-corrected chi connectivity index (χ2v) is 23.8. The van der Waals surface area contributed by atoms with Crippen LogP contribution in [-0.2, 0) is 48.1 Å². The molecule has 3 heterocycles. The molecule has 408 valence electrons. The molecule has 73 heavy (non-hydrogen) atoms. The molecule has 15 atom stereocenters. The largest absolute Gasteiger partial charge is 0.461 e. The number of allylic oxidation sites excluding steroid dienone is 6. The summed E-state index contributed by atoms with van der Waals surface area (Å²) in [6.45, 7) is 13.2. The molecule has 15 nitrogen and oxygen atoms in total. The summed E-state index contributed by atoms with van der Waals surface area (Å²) in [6.07, 6.45) is 12.9. The summed E-state index contributed by atoms with van der Waals surface area (Å²) in [5, 5.41) is 34.3. The normalized spacial score (nSPS) is 37.5. The Morgan fingerprint density at radius 2 is 1.55 bits per heavy atom. The summed E-state index contributed by atoms with van der Waals surface area (Å²) in [7, 11) is 0.450. The Morgan fingerprint density at radius 1 is 0.836 bits per heavy atom. The van der Waals surface area contributed by atoms with E-state index in [2.05, 4.69) is 0 Å². The molecule has 0 radical (unpaired) electrons. The third-order valence-electron chi connectivity index (χ3n) is 16.1. The number of esters is 1. The molecule has 2 bridgehead atoms. The highest BCUT2D eigenvalue weighted by atomic mass is 32.2. The molecule has 4 aliphatic rings. The van der Waals surface area contributed by atoms with Crippen LogP contribution in [0, 0.1) is 35.5 Å². The third-order valence-corrected chi connectivity index (χ3v) is 18.0. The summed E-state index contributed by atoms with van der Waals surface area (Å²) in [4.78, 5) is 58.7. The van der Waals surface area contributed by atoms with Crippen LogP contribution in [0.4, 0.5) is 0 Å². The molecule has 2 saturated heterocycles. The quantitative estimate of drug-likeness (QED) is 0.130. The van der Waals surface area contributed by atoms with Gasteiger partial charge in [0.1, 0.15) is 24.4 Å². The molecule has 1 aromatic rings. The number of Topliss-reactive ketones (excluding diaryl/α,β-unsaturated/α-hetero) is 2. The molecule has 3 fully saturated rings. The van der Waals surface area contributed by atoms with Crippen LogP contribution in [0.3, 0.4) is 0 Å². The van der Waals surface area contributed by atoms with E-state index in [0.717, 1.165) is 6.42 Å². The van der Waals surface area contributed by atoms with E-state index in [1.54, 1.807) is 58.2 Å². The zero-order valence-corrected chi connectivity index (χ0v) is 45.9. The number of nitrogens with zero attached hydrogens (tertiary/aromatic N) is 2. The van der Waals surface area contributed by atoms with Crippen LogP contribution < -0.4 is 0 Å². The maximum atomic E-state index is 14.5. The number of carbonyl (C=O) groups is 4. The second kappa shape index (κ2) is 27.3. The van der Waals surface area contributed by atoms with Crippen molar-refractivity contribution in [3.63, 3.8) is 0 Å². The highest BCUT2D eigenvalue weighted by Crippen LogP contribution is 2.39. The lowest BCUT2D eigenvalue weighted by Crippen LogP contribution is -2.61. The lowest BCUT2D eigenvalue weighted by molar-refractivity contribution is -0.264. The summed E-state index contributed by atoms with van der Waals surface area (Å²) in [6, 6.07) is 6.15. The second-order valence-electron chi connectivity index (χ2n) is 21.8. The highest BCUT2D eigenvalue weighted by Gasteiger charge is 2.53. The van der Waals surface area contributed by atoms with Gasteiger partial charge in [0.15, 0.2) is 5.78 Å². The molecule has 0 spiro atoms. The molecule has 1 saturated carbocycles. The van der Waals surface area contributed by atoms with Gasteiger partial charge in [0.2, 0.25) is 15.8 Å². The standard InChI is InChI=1S/C57H86N2O13S/c1-36-19-13-11-14-20-38(3)47(58(8)73(67,68)45-21-15-12-16-22-45)35-44-27-25-42(7)57(66,72-44)54(63)55(64)59-30-18-17-23-46(59)56(65)71-49(39(4)33-43-26-28-48(60)50(34-43)69-9)29-24-37(2)32-41(6)52(62)53(70-10)51(61)40(5)31-36/h11-16,19-22,32,36-37,39-40,42-44,46-50,52-53,60,62,66H,17-18,23-31,33-35H2,1-10H3/b14-11+,19-13+,38-20+,41-32+/t36-,37+,39-,40-,42-,43-,44+,46+,47?,48-,49+,50-,52-,53+,57-/m1/s1. The fraction of sp³-hybridized carbons (Fsp3) is 0.684. The number of aliphatic hydroxyl groups is 3. The predicted molar refractivity (Wildman–Crippen MR) is 279 cm³/mol. The number of carbonyl (C=O) groups excluding carboxylic acids is 4. The molecule has 16 heteroatoms. The number of sulfonamides is 1. The number of likely N-dealkylation sites (N-methyl/N-ethyl adjacent to an activating group) is 1. The van der Waals surface area contributed by atoms with Gasteiger partial charge in [-0.05, 0) is 139 Å². The first-order chi connectivity index (χ1) is 34.5. The number of fused-ring (bicyclic) bond motifs is 3. The fourth-order valence-electron chi connectivity index (χ4n) is 11.4. The van der Waals surface area contributed by atoms with Gasteiger partial charge < -0.3 is 39.2 Å². The molecule has 1 amide bonds. The summed E-state index contributed by atoms with van der Waals surface area (Å²) >= 11 is 0. The number of amides is 1. The van der Waals surface area contributed by atoms with Crippen molar-refractivity contribution in [2.75, 3.05) is 27.8 Å². The van der Waals surface area contributed by atoms with Crippen molar-refractivity contribution >= 4 is 33.5 Å². The Morgan fingerprint density at radius 3 is 2.23 bits per heavy atom. The molecule has 3 aliphatic heterocycles. The van der Waals surface area contributed by atoms with Gasteiger partial charge in [-0.15, -0.1) is 0 Å². The van der Waals surface area contributed by atoms with Crippen molar-refractivity contribution in [3.05, 3.63) is 77.9 Å². The van der Waals surface area contributed by atoms with Gasteiger partial charge in [0, 0.05) is 45.7 Å². The van der Waals surface area contributed by atoms with Gasteiger partial charge in [-0.3, -0.25) is 14.4 Å². The number of cyclic esters (lactones) is 1. The maximum Gasteiger partial charge on any atom is 0.329 e.